The van der Waals surface area contributed by atoms with Gasteiger partial charge in [0.2, 0.25) is 5.91 Å². The van der Waals surface area contributed by atoms with Gasteiger partial charge >= 0.3 is 0 Å². The fourth-order valence-electron chi connectivity index (χ4n) is 3.93. The van der Waals surface area contributed by atoms with Crippen molar-refractivity contribution in [3.05, 3.63) is 83.3 Å². The zero-order valence-corrected chi connectivity index (χ0v) is 16.3. The lowest BCUT2D eigenvalue weighted by Gasteiger charge is -2.17. The molecule has 0 bridgehead atoms. The maximum absolute atomic E-state index is 12.7. The first-order valence-corrected chi connectivity index (χ1v) is 9.76. The normalized spacial score (nSPS) is 14.6. The Hall–Kier alpha value is -4.20. The Morgan fingerprint density at radius 2 is 1.71 bits per heavy atom. The highest BCUT2D eigenvalue weighted by Gasteiger charge is 2.36. The van der Waals surface area contributed by atoms with Crippen LogP contribution in [0.3, 0.4) is 0 Å². The Balaban J connectivity index is 1.31. The van der Waals surface area contributed by atoms with E-state index in [9.17, 15) is 19.2 Å². The maximum atomic E-state index is 12.7. The minimum absolute atomic E-state index is 0.243. The van der Waals surface area contributed by atoms with E-state index in [0.717, 1.165) is 10.5 Å². The number of carbonyl (C=O) groups is 4. The number of nitrogens with one attached hydrogen (secondary N) is 1. The number of fused-ring (bicyclic) bond motifs is 2. The van der Waals surface area contributed by atoms with E-state index in [1.165, 1.54) is 6.26 Å². The van der Waals surface area contributed by atoms with E-state index in [1.54, 1.807) is 53.4 Å². The molecule has 2 aliphatic rings. The van der Waals surface area contributed by atoms with Crippen LogP contribution in [-0.2, 0) is 11.2 Å². The molecule has 2 aromatic carbocycles. The summed E-state index contributed by atoms with van der Waals surface area (Å²) in [5.41, 5.74) is 2.74. The summed E-state index contributed by atoms with van der Waals surface area (Å²) in [6, 6.07) is 15.0. The van der Waals surface area contributed by atoms with Crippen molar-refractivity contribution in [2.24, 2.45) is 0 Å². The molecule has 1 N–H and O–H groups in total. The number of nitrogens with zero attached hydrogens (tertiary/aromatic N) is 2. The Morgan fingerprint density at radius 1 is 0.968 bits per heavy atom. The number of rotatable bonds is 4. The van der Waals surface area contributed by atoms with Crippen molar-refractivity contribution in [3.63, 3.8) is 0 Å². The third-order valence-electron chi connectivity index (χ3n) is 5.42. The van der Waals surface area contributed by atoms with E-state index in [0.29, 0.717) is 35.5 Å². The molecule has 0 aliphatic carbocycles. The molecule has 8 heteroatoms. The number of benzene rings is 2. The Morgan fingerprint density at radius 3 is 2.39 bits per heavy atom. The Bertz CT molecular complexity index is 1200. The van der Waals surface area contributed by atoms with Crippen LogP contribution in [-0.4, -0.2) is 41.6 Å². The van der Waals surface area contributed by atoms with Crippen molar-refractivity contribution in [1.29, 1.82) is 0 Å². The highest BCUT2D eigenvalue weighted by molar-refractivity contribution is 6.22. The Labute approximate surface area is 177 Å². The van der Waals surface area contributed by atoms with Gasteiger partial charge in [-0.2, -0.15) is 0 Å². The van der Waals surface area contributed by atoms with Crippen molar-refractivity contribution in [1.82, 2.24) is 4.90 Å². The summed E-state index contributed by atoms with van der Waals surface area (Å²) in [5.74, 6) is -1.48. The molecule has 154 valence electrons. The average molecular weight is 415 g/mol. The van der Waals surface area contributed by atoms with E-state index in [1.807, 2.05) is 6.07 Å². The van der Waals surface area contributed by atoms with Crippen molar-refractivity contribution < 1.29 is 23.6 Å². The monoisotopic (exact) mass is 415 g/mol. The zero-order chi connectivity index (χ0) is 21.5. The van der Waals surface area contributed by atoms with Crippen LogP contribution in [0.2, 0.25) is 0 Å². The molecule has 0 atom stereocenters. The Kier molecular flexibility index (Phi) is 4.39. The lowest BCUT2D eigenvalue weighted by molar-refractivity contribution is -0.116. The minimum atomic E-state index is -0.503. The van der Waals surface area contributed by atoms with Crippen molar-refractivity contribution in [2.75, 3.05) is 23.3 Å². The zero-order valence-electron chi connectivity index (χ0n) is 16.3. The molecular formula is C23H17N3O5. The molecule has 0 saturated carbocycles. The summed E-state index contributed by atoms with van der Waals surface area (Å²) in [7, 11) is 0. The first-order valence-electron chi connectivity index (χ1n) is 9.76. The molecule has 4 amide bonds. The molecule has 0 saturated heterocycles. The predicted molar refractivity (Wildman–Crippen MR) is 111 cm³/mol. The van der Waals surface area contributed by atoms with Crippen LogP contribution in [0.5, 0.6) is 0 Å². The second kappa shape index (κ2) is 7.24. The number of amides is 4. The van der Waals surface area contributed by atoms with Crippen LogP contribution in [0.1, 0.15) is 36.8 Å². The number of furan rings is 1. The SMILES string of the molecule is O=C(CN1C(=O)c2ccccc2C1=O)Nc1ccc2c(c1)N(C(=O)c1ccco1)CC2. The second-order valence-electron chi connectivity index (χ2n) is 7.32. The molecule has 0 fully saturated rings. The molecule has 0 unspecified atom stereocenters. The van der Waals surface area contributed by atoms with Crippen molar-refractivity contribution >= 4 is 35.0 Å². The van der Waals surface area contributed by atoms with E-state index >= 15 is 0 Å². The quantitative estimate of drug-likeness (QED) is 0.661. The molecule has 3 aromatic rings. The highest BCUT2D eigenvalue weighted by atomic mass is 16.3. The van der Waals surface area contributed by atoms with E-state index < -0.39 is 24.3 Å². The van der Waals surface area contributed by atoms with Gasteiger partial charge in [0.1, 0.15) is 6.54 Å². The fourth-order valence-corrected chi connectivity index (χ4v) is 3.93. The molecule has 8 nitrogen and oxygen atoms in total. The summed E-state index contributed by atoms with van der Waals surface area (Å²) >= 11 is 0. The lowest BCUT2D eigenvalue weighted by Crippen LogP contribution is -2.37. The van der Waals surface area contributed by atoms with Gasteiger partial charge in [0.15, 0.2) is 5.76 Å². The summed E-state index contributed by atoms with van der Waals surface area (Å²) < 4.78 is 5.21. The molecule has 0 radical (unpaired) electrons. The van der Waals surface area contributed by atoms with E-state index in [-0.39, 0.29) is 11.7 Å². The van der Waals surface area contributed by atoms with Crippen LogP contribution >= 0.6 is 0 Å². The first kappa shape index (κ1) is 18.8. The molecule has 31 heavy (non-hydrogen) atoms. The van der Waals surface area contributed by atoms with Crippen LogP contribution in [0, 0.1) is 0 Å². The second-order valence-corrected chi connectivity index (χ2v) is 7.32. The van der Waals surface area contributed by atoms with Gasteiger partial charge in [-0.15, -0.1) is 0 Å². The first-order chi connectivity index (χ1) is 15.0. The maximum Gasteiger partial charge on any atom is 0.293 e. The van der Waals surface area contributed by atoms with Crippen LogP contribution in [0.25, 0.3) is 0 Å². The summed E-state index contributed by atoms with van der Waals surface area (Å²) in [6.45, 7) is 0.125. The van der Waals surface area contributed by atoms with Gasteiger partial charge in [-0.3, -0.25) is 24.1 Å². The van der Waals surface area contributed by atoms with Gasteiger partial charge in [-0.1, -0.05) is 18.2 Å². The highest BCUT2D eigenvalue weighted by Crippen LogP contribution is 2.32. The molecule has 1 aromatic heterocycles. The fraction of sp³-hybridized carbons (Fsp3) is 0.130. The van der Waals surface area contributed by atoms with Gasteiger partial charge < -0.3 is 14.6 Å². The van der Waals surface area contributed by atoms with Crippen LogP contribution in [0.15, 0.2) is 65.3 Å². The number of imide groups is 1. The minimum Gasteiger partial charge on any atom is -0.459 e. The van der Waals surface area contributed by atoms with Gasteiger partial charge in [0, 0.05) is 17.9 Å². The third-order valence-corrected chi connectivity index (χ3v) is 5.42. The molecule has 5 rings (SSSR count). The van der Waals surface area contributed by atoms with E-state index in [4.69, 9.17) is 4.42 Å². The number of anilines is 2. The van der Waals surface area contributed by atoms with Gasteiger partial charge in [-0.25, -0.2) is 0 Å². The topological polar surface area (TPSA) is 99.9 Å². The average Bonchev–Trinajstić information content (AvgIpc) is 3.50. The van der Waals surface area contributed by atoms with Gasteiger partial charge in [-0.05, 0) is 48.4 Å². The number of hydrogen-bond donors (Lipinski definition) is 1. The van der Waals surface area contributed by atoms with Crippen molar-refractivity contribution in [3.8, 4) is 0 Å². The summed E-state index contributed by atoms with van der Waals surface area (Å²) in [6.07, 6.45) is 2.14. The largest absolute Gasteiger partial charge is 0.459 e. The van der Waals surface area contributed by atoms with Gasteiger partial charge in [0.25, 0.3) is 17.7 Å². The smallest absolute Gasteiger partial charge is 0.293 e. The standard InChI is InChI=1S/C23H17N3O5/c27-20(13-26-21(28)16-4-1-2-5-17(16)22(26)29)24-15-8-7-14-9-10-25(18(14)12-15)23(30)19-6-3-11-31-19/h1-8,11-12H,9-10,13H2,(H,24,27). The number of hydrogen-bond acceptors (Lipinski definition) is 5. The lowest BCUT2D eigenvalue weighted by atomic mass is 10.1. The molecule has 2 aliphatic heterocycles. The summed E-state index contributed by atoms with van der Waals surface area (Å²) in [5, 5.41) is 2.71. The van der Waals surface area contributed by atoms with Gasteiger partial charge in [0.05, 0.1) is 17.4 Å². The number of carbonyl (C=O) groups excluding carboxylic acids is 4. The van der Waals surface area contributed by atoms with E-state index in [2.05, 4.69) is 5.32 Å². The predicted octanol–water partition coefficient (Wildman–Crippen LogP) is 2.72. The third kappa shape index (κ3) is 3.18. The summed E-state index contributed by atoms with van der Waals surface area (Å²) in [4.78, 5) is 52.7. The molecule has 0 spiro atoms. The molecule has 3 heterocycles. The molecular weight excluding hydrogens is 398 g/mol. The van der Waals surface area contributed by atoms with Crippen molar-refractivity contribution in [2.45, 2.75) is 6.42 Å². The van der Waals surface area contributed by atoms with Crippen LogP contribution in [0.4, 0.5) is 11.4 Å². The van der Waals surface area contributed by atoms with Crippen LogP contribution < -0.4 is 10.2 Å².